The molecule has 1 aromatic rings. The number of carbonyl (C=O) groups excluding carboxylic acids is 1. The van der Waals surface area contributed by atoms with Crippen molar-refractivity contribution in [2.24, 2.45) is 0 Å². The topological polar surface area (TPSA) is 26.3 Å². The molecule has 0 bridgehead atoms. The van der Waals surface area contributed by atoms with Crippen molar-refractivity contribution in [3.63, 3.8) is 0 Å². The molecular formula is C15H21FO2. The van der Waals surface area contributed by atoms with Gasteiger partial charge < -0.3 is 4.74 Å². The molecule has 0 heterocycles. The average molecular weight is 252 g/mol. The van der Waals surface area contributed by atoms with E-state index in [2.05, 4.69) is 0 Å². The zero-order chi connectivity index (χ0) is 13.6. The monoisotopic (exact) mass is 252 g/mol. The lowest BCUT2D eigenvalue weighted by molar-refractivity contribution is -0.144. The minimum absolute atomic E-state index is 0.189. The molecule has 2 nitrogen and oxygen atoms in total. The lowest BCUT2D eigenvalue weighted by atomic mass is 9.73. The molecular weight excluding hydrogens is 231 g/mol. The number of hydrogen-bond acceptors (Lipinski definition) is 2. The Bertz CT molecular complexity index is 380. The highest BCUT2D eigenvalue weighted by atomic mass is 19.1. The fourth-order valence-electron chi connectivity index (χ4n) is 2.30. The van der Waals surface area contributed by atoms with Crippen LogP contribution in [0.1, 0.15) is 45.6 Å². The number of esters is 1. The Kier molecular flexibility index (Phi) is 5.32. The largest absolute Gasteiger partial charge is 0.466 e. The summed E-state index contributed by atoms with van der Waals surface area (Å²) in [6, 6.07) is 6.42. The highest BCUT2D eigenvalue weighted by Crippen LogP contribution is 2.35. The number of hydrogen-bond donors (Lipinski definition) is 0. The van der Waals surface area contributed by atoms with Gasteiger partial charge in [0, 0.05) is 5.41 Å². The second-order valence-electron chi connectivity index (χ2n) is 4.48. The molecule has 0 unspecified atom stereocenters. The smallest absolute Gasteiger partial charge is 0.306 e. The van der Waals surface area contributed by atoms with Gasteiger partial charge in [-0.25, -0.2) is 4.39 Å². The van der Waals surface area contributed by atoms with Crippen LogP contribution in [0.2, 0.25) is 0 Å². The predicted molar refractivity (Wildman–Crippen MR) is 69.9 cm³/mol. The molecule has 0 aliphatic carbocycles. The molecule has 0 aliphatic rings. The number of rotatable bonds is 6. The van der Waals surface area contributed by atoms with E-state index in [1.54, 1.807) is 19.1 Å². The first-order valence-electron chi connectivity index (χ1n) is 6.49. The second-order valence-corrected chi connectivity index (χ2v) is 4.48. The Morgan fingerprint density at radius 2 is 1.72 bits per heavy atom. The van der Waals surface area contributed by atoms with Gasteiger partial charge in [-0.1, -0.05) is 26.0 Å². The third-order valence-electron chi connectivity index (χ3n) is 3.60. The summed E-state index contributed by atoms with van der Waals surface area (Å²) in [5.41, 5.74) is 0.752. The van der Waals surface area contributed by atoms with Crippen LogP contribution in [-0.4, -0.2) is 12.6 Å². The Hall–Kier alpha value is -1.38. The maximum atomic E-state index is 13.0. The van der Waals surface area contributed by atoms with Crippen LogP contribution in [0.15, 0.2) is 24.3 Å². The van der Waals surface area contributed by atoms with E-state index in [0.717, 1.165) is 18.4 Å². The zero-order valence-corrected chi connectivity index (χ0v) is 11.3. The van der Waals surface area contributed by atoms with Gasteiger partial charge in [-0.2, -0.15) is 0 Å². The van der Waals surface area contributed by atoms with E-state index in [0.29, 0.717) is 13.0 Å². The van der Waals surface area contributed by atoms with Crippen LogP contribution in [-0.2, 0) is 14.9 Å². The summed E-state index contributed by atoms with van der Waals surface area (Å²) in [6.07, 6.45) is 2.00. The highest BCUT2D eigenvalue weighted by molar-refractivity contribution is 5.71. The van der Waals surface area contributed by atoms with Crippen molar-refractivity contribution in [1.29, 1.82) is 0 Å². The number of halogens is 1. The molecule has 3 heteroatoms. The normalized spacial score (nSPS) is 11.3. The molecule has 0 radical (unpaired) electrons. The van der Waals surface area contributed by atoms with Crippen LogP contribution in [0.4, 0.5) is 4.39 Å². The summed E-state index contributed by atoms with van der Waals surface area (Å²) in [7, 11) is 0. The molecule has 0 N–H and O–H groups in total. The molecule has 0 atom stereocenters. The quantitative estimate of drug-likeness (QED) is 0.719. The molecule has 100 valence electrons. The maximum Gasteiger partial charge on any atom is 0.306 e. The first-order valence-corrected chi connectivity index (χ1v) is 6.49. The van der Waals surface area contributed by atoms with E-state index < -0.39 is 0 Å². The molecule has 0 spiro atoms. The minimum Gasteiger partial charge on any atom is -0.466 e. The van der Waals surface area contributed by atoms with E-state index in [1.165, 1.54) is 12.1 Å². The molecule has 1 rings (SSSR count). The van der Waals surface area contributed by atoms with Crippen molar-refractivity contribution < 1.29 is 13.9 Å². The molecule has 1 aromatic carbocycles. The Balaban J connectivity index is 2.98. The molecule has 0 aliphatic heterocycles. The first-order chi connectivity index (χ1) is 8.57. The number of carbonyl (C=O) groups is 1. The van der Waals surface area contributed by atoms with Crippen molar-refractivity contribution in [1.82, 2.24) is 0 Å². The minimum atomic E-state index is -0.254. The third kappa shape index (κ3) is 3.31. The van der Waals surface area contributed by atoms with Crippen LogP contribution in [0.3, 0.4) is 0 Å². The van der Waals surface area contributed by atoms with Crippen molar-refractivity contribution in [2.45, 2.75) is 45.4 Å². The lowest BCUT2D eigenvalue weighted by Gasteiger charge is -2.31. The molecule has 0 fully saturated rings. The van der Waals surface area contributed by atoms with Gasteiger partial charge in [-0.05, 0) is 37.5 Å². The predicted octanol–water partition coefficient (Wildman–Crippen LogP) is 3.84. The molecule has 0 aromatic heterocycles. The van der Waals surface area contributed by atoms with Crippen molar-refractivity contribution >= 4 is 5.97 Å². The maximum absolute atomic E-state index is 13.0. The fraction of sp³-hybridized carbons (Fsp3) is 0.533. The van der Waals surface area contributed by atoms with Crippen molar-refractivity contribution in [3.05, 3.63) is 35.6 Å². The van der Waals surface area contributed by atoms with Gasteiger partial charge in [0.25, 0.3) is 0 Å². The van der Waals surface area contributed by atoms with E-state index in [4.69, 9.17) is 4.74 Å². The van der Waals surface area contributed by atoms with Crippen LogP contribution in [0, 0.1) is 5.82 Å². The molecule has 0 saturated heterocycles. The van der Waals surface area contributed by atoms with E-state index >= 15 is 0 Å². The number of ether oxygens (including phenoxy) is 1. The summed E-state index contributed by atoms with van der Waals surface area (Å²) in [6.45, 7) is 6.29. The second kappa shape index (κ2) is 6.53. The number of benzene rings is 1. The van der Waals surface area contributed by atoms with Gasteiger partial charge in [0.05, 0.1) is 13.0 Å². The van der Waals surface area contributed by atoms with Gasteiger partial charge in [0.2, 0.25) is 0 Å². The van der Waals surface area contributed by atoms with Crippen molar-refractivity contribution in [3.8, 4) is 0 Å². The SMILES string of the molecule is CCOC(=O)CC(CC)(CC)c1ccc(F)cc1. The Morgan fingerprint density at radius 3 is 2.17 bits per heavy atom. The van der Waals surface area contributed by atoms with Gasteiger partial charge in [-0.15, -0.1) is 0 Å². The summed E-state index contributed by atoms with van der Waals surface area (Å²) in [5.74, 6) is -0.443. The van der Waals surface area contributed by atoms with Gasteiger partial charge in [-0.3, -0.25) is 4.79 Å². The zero-order valence-electron chi connectivity index (χ0n) is 11.3. The Morgan fingerprint density at radius 1 is 1.17 bits per heavy atom. The summed E-state index contributed by atoms with van der Waals surface area (Å²) >= 11 is 0. The third-order valence-corrected chi connectivity index (χ3v) is 3.60. The standard InChI is InChI=1S/C15H21FO2/c1-4-15(5-2,11-14(17)18-6-3)12-7-9-13(16)10-8-12/h7-10H,4-6,11H2,1-3H3. The molecule has 0 amide bonds. The highest BCUT2D eigenvalue weighted by Gasteiger charge is 2.31. The molecule has 0 saturated carbocycles. The van der Waals surface area contributed by atoms with E-state index in [9.17, 15) is 9.18 Å². The fourth-order valence-corrected chi connectivity index (χ4v) is 2.30. The van der Waals surface area contributed by atoms with E-state index in [-0.39, 0.29) is 17.2 Å². The Labute approximate surface area is 108 Å². The average Bonchev–Trinajstić information content (AvgIpc) is 2.37. The van der Waals surface area contributed by atoms with Crippen LogP contribution >= 0.6 is 0 Å². The van der Waals surface area contributed by atoms with Gasteiger partial charge in [0.1, 0.15) is 5.82 Å². The molecule has 18 heavy (non-hydrogen) atoms. The lowest BCUT2D eigenvalue weighted by Crippen LogP contribution is -2.29. The first kappa shape index (κ1) is 14.7. The van der Waals surface area contributed by atoms with E-state index in [1.807, 2.05) is 13.8 Å². The van der Waals surface area contributed by atoms with Crippen LogP contribution < -0.4 is 0 Å². The summed E-state index contributed by atoms with van der Waals surface area (Å²) in [4.78, 5) is 11.7. The van der Waals surface area contributed by atoms with Crippen molar-refractivity contribution in [2.75, 3.05) is 6.61 Å². The summed E-state index contributed by atoms with van der Waals surface area (Å²) < 4.78 is 18.0. The van der Waals surface area contributed by atoms with Gasteiger partial charge in [0.15, 0.2) is 0 Å². The van der Waals surface area contributed by atoms with Crippen LogP contribution in [0.5, 0.6) is 0 Å². The van der Waals surface area contributed by atoms with Gasteiger partial charge >= 0.3 is 5.97 Å². The van der Waals surface area contributed by atoms with Crippen LogP contribution in [0.25, 0.3) is 0 Å². The summed E-state index contributed by atoms with van der Waals surface area (Å²) in [5, 5.41) is 0.